The Morgan fingerprint density at radius 1 is 1.00 bits per heavy atom. The molecular weight excluding hydrogens is 340 g/mol. The zero-order valence-electron chi connectivity index (χ0n) is 16.2. The van der Waals surface area contributed by atoms with Crippen LogP contribution in [0.25, 0.3) is 5.82 Å². The first-order chi connectivity index (χ1) is 13.1. The SMILES string of the molecule is Cc1nccn1-c1cc(N2CCC(C(=O)N3CCC(C)CC3)CC2)ncn1. The van der Waals surface area contributed by atoms with Gasteiger partial charge in [-0.05, 0) is 38.5 Å². The molecule has 1 amide bonds. The van der Waals surface area contributed by atoms with Crippen molar-refractivity contribution in [3.63, 3.8) is 0 Å². The van der Waals surface area contributed by atoms with Gasteiger partial charge in [0.05, 0.1) is 0 Å². The van der Waals surface area contributed by atoms with Gasteiger partial charge < -0.3 is 9.80 Å². The third-order valence-corrected chi connectivity index (χ3v) is 5.97. The van der Waals surface area contributed by atoms with Crippen molar-refractivity contribution in [2.75, 3.05) is 31.1 Å². The average molecular weight is 368 g/mol. The summed E-state index contributed by atoms with van der Waals surface area (Å²) in [7, 11) is 0. The molecule has 7 heteroatoms. The predicted molar refractivity (Wildman–Crippen MR) is 104 cm³/mol. The van der Waals surface area contributed by atoms with Crippen LogP contribution in [-0.4, -0.2) is 56.5 Å². The molecule has 0 aromatic carbocycles. The van der Waals surface area contributed by atoms with Crippen molar-refractivity contribution in [3.8, 4) is 5.82 Å². The molecule has 2 aromatic rings. The first-order valence-electron chi connectivity index (χ1n) is 9.98. The van der Waals surface area contributed by atoms with Crippen molar-refractivity contribution in [1.82, 2.24) is 24.4 Å². The van der Waals surface area contributed by atoms with E-state index in [1.807, 2.05) is 23.8 Å². The quantitative estimate of drug-likeness (QED) is 0.832. The third-order valence-electron chi connectivity index (χ3n) is 5.97. The topological polar surface area (TPSA) is 67.2 Å². The molecule has 0 saturated carbocycles. The van der Waals surface area contributed by atoms with Crippen LogP contribution in [0, 0.1) is 18.8 Å². The standard InChI is InChI=1S/C20H28N6O/c1-15-3-8-25(9-4-15)20(27)17-5-10-24(11-6-17)18-13-19(23-14-22-18)26-12-7-21-16(26)2/h7,12-15,17H,3-6,8-11H2,1-2H3. The number of aromatic nitrogens is 4. The Bertz CT molecular complexity index is 787. The zero-order chi connectivity index (χ0) is 18.8. The fourth-order valence-electron chi connectivity index (χ4n) is 4.10. The first kappa shape index (κ1) is 17.9. The molecular formula is C20H28N6O. The highest BCUT2D eigenvalue weighted by Crippen LogP contribution is 2.26. The Balaban J connectivity index is 1.38. The fourth-order valence-corrected chi connectivity index (χ4v) is 4.10. The van der Waals surface area contributed by atoms with E-state index in [1.54, 1.807) is 12.5 Å². The minimum absolute atomic E-state index is 0.159. The number of anilines is 1. The monoisotopic (exact) mass is 368 g/mol. The van der Waals surface area contributed by atoms with Gasteiger partial charge in [-0.15, -0.1) is 0 Å². The number of hydrogen-bond donors (Lipinski definition) is 0. The number of carbonyl (C=O) groups excluding carboxylic acids is 1. The second-order valence-electron chi connectivity index (χ2n) is 7.85. The van der Waals surface area contributed by atoms with Crippen LogP contribution < -0.4 is 4.90 Å². The van der Waals surface area contributed by atoms with Crippen LogP contribution >= 0.6 is 0 Å². The van der Waals surface area contributed by atoms with E-state index in [2.05, 4.69) is 31.7 Å². The van der Waals surface area contributed by atoms with Gasteiger partial charge in [-0.2, -0.15) is 0 Å². The van der Waals surface area contributed by atoms with E-state index in [1.165, 1.54) is 0 Å². The fraction of sp³-hybridized carbons (Fsp3) is 0.600. The number of nitrogens with zero attached hydrogens (tertiary/aromatic N) is 6. The molecule has 0 spiro atoms. The van der Waals surface area contributed by atoms with E-state index in [9.17, 15) is 4.79 Å². The minimum atomic E-state index is 0.159. The van der Waals surface area contributed by atoms with Gasteiger partial charge >= 0.3 is 0 Å². The van der Waals surface area contributed by atoms with E-state index >= 15 is 0 Å². The molecule has 4 heterocycles. The molecule has 2 saturated heterocycles. The molecule has 2 aromatic heterocycles. The summed E-state index contributed by atoms with van der Waals surface area (Å²) in [6, 6.07) is 2.00. The molecule has 2 aliphatic rings. The Morgan fingerprint density at radius 2 is 1.70 bits per heavy atom. The summed E-state index contributed by atoms with van der Waals surface area (Å²) < 4.78 is 1.96. The van der Waals surface area contributed by atoms with E-state index in [0.29, 0.717) is 5.91 Å². The largest absolute Gasteiger partial charge is 0.356 e. The maximum absolute atomic E-state index is 12.8. The van der Waals surface area contributed by atoms with Crippen LogP contribution in [0.1, 0.15) is 38.4 Å². The molecule has 0 aliphatic carbocycles. The maximum Gasteiger partial charge on any atom is 0.225 e. The predicted octanol–water partition coefficient (Wildman–Crippen LogP) is 2.45. The van der Waals surface area contributed by atoms with Gasteiger partial charge in [-0.1, -0.05) is 6.92 Å². The maximum atomic E-state index is 12.8. The second kappa shape index (κ2) is 7.66. The summed E-state index contributed by atoms with van der Waals surface area (Å²) in [5.74, 6) is 3.93. The molecule has 144 valence electrons. The molecule has 2 fully saturated rings. The van der Waals surface area contributed by atoms with Crippen LogP contribution in [0.3, 0.4) is 0 Å². The van der Waals surface area contributed by atoms with Crippen LogP contribution in [0.2, 0.25) is 0 Å². The van der Waals surface area contributed by atoms with Crippen molar-refractivity contribution in [2.45, 2.75) is 39.5 Å². The van der Waals surface area contributed by atoms with Gasteiger partial charge in [-0.25, -0.2) is 15.0 Å². The molecule has 0 radical (unpaired) electrons. The second-order valence-corrected chi connectivity index (χ2v) is 7.85. The van der Waals surface area contributed by atoms with Crippen LogP contribution in [0.4, 0.5) is 5.82 Å². The molecule has 0 unspecified atom stereocenters. The number of aryl methyl sites for hydroxylation is 1. The van der Waals surface area contributed by atoms with Crippen molar-refractivity contribution >= 4 is 11.7 Å². The van der Waals surface area contributed by atoms with E-state index in [-0.39, 0.29) is 5.92 Å². The number of hydrogen-bond acceptors (Lipinski definition) is 5. The number of piperidine rings is 2. The van der Waals surface area contributed by atoms with Crippen LogP contribution in [-0.2, 0) is 4.79 Å². The molecule has 2 aliphatic heterocycles. The van der Waals surface area contributed by atoms with Gasteiger partial charge in [0.1, 0.15) is 23.8 Å². The first-order valence-corrected chi connectivity index (χ1v) is 9.98. The lowest BCUT2D eigenvalue weighted by atomic mass is 9.92. The summed E-state index contributed by atoms with van der Waals surface area (Å²) >= 11 is 0. The van der Waals surface area contributed by atoms with Gasteiger partial charge in [0, 0.05) is 50.6 Å². The summed E-state index contributed by atoms with van der Waals surface area (Å²) in [4.78, 5) is 30.3. The molecule has 27 heavy (non-hydrogen) atoms. The van der Waals surface area contributed by atoms with Crippen LogP contribution in [0.15, 0.2) is 24.8 Å². The van der Waals surface area contributed by atoms with Crippen molar-refractivity contribution in [3.05, 3.63) is 30.6 Å². The number of likely N-dealkylation sites (tertiary alicyclic amines) is 1. The minimum Gasteiger partial charge on any atom is -0.356 e. The number of carbonyl (C=O) groups is 1. The number of rotatable bonds is 3. The highest BCUT2D eigenvalue weighted by molar-refractivity contribution is 5.79. The molecule has 0 N–H and O–H groups in total. The van der Waals surface area contributed by atoms with Gasteiger partial charge in [-0.3, -0.25) is 9.36 Å². The van der Waals surface area contributed by atoms with E-state index < -0.39 is 0 Å². The van der Waals surface area contributed by atoms with Crippen LogP contribution in [0.5, 0.6) is 0 Å². The molecule has 4 rings (SSSR count). The molecule has 7 nitrogen and oxygen atoms in total. The van der Waals surface area contributed by atoms with Crippen molar-refractivity contribution in [2.24, 2.45) is 11.8 Å². The average Bonchev–Trinajstić information content (AvgIpc) is 3.14. The van der Waals surface area contributed by atoms with Gasteiger partial charge in [0.25, 0.3) is 0 Å². The Labute approximate surface area is 160 Å². The van der Waals surface area contributed by atoms with Gasteiger partial charge in [0.2, 0.25) is 5.91 Å². The highest BCUT2D eigenvalue weighted by atomic mass is 16.2. The van der Waals surface area contributed by atoms with E-state index in [4.69, 9.17) is 0 Å². The van der Waals surface area contributed by atoms with Gasteiger partial charge in [0.15, 0.2) is 0 Å². The van der Waals surface area contributed by atoms with Crippen molar-refractivity contribution in [1.29, 1.82) is 0 Å². The summed E-state index contributed by atoms with van der Waals surface area (Å²) in [6.07, 6.45) is 9.37. The lowest BCUT2D eigenvalue weighted by Gasteiger charge is -2.37. The number of imidazole rings is 1. The highest BCUT2D eigenvalue weighted by Gasteiger charge is 2.30. The third kappa shape index (κ3) is 3.82. The lowest BCUT2D eigenvalue weighted by Crippen LogP contribution is -2.45. The molecule has 0 atom stereocenters. The molecule has 0 bridgehead atoms. The number of amides is 1. The normalized spacial score (nSPS) is 19.5. The Kier molecular flexibility index (Phi) is 5.09. The summed E-state index contributed by atoms with van der Waals surface area (Å²) in [5.41, 5.74) is 0. The smallest absolute Gasteiger partial charge is 0.225 e. The van der Waals surface area contributed by atoms with E-state index in [0.717, 1.165) is 75.2 Å². The summed E-state index contributed by atoms with van der Waals surface area (Å²) in [6.45, 7) is 7.82. The van der Waals surface area contributed by atoms with Crippen molar-refractivity contribution < 1.29 is 4.79 Å². The lowest BCUT2D eigenvalue weighted by molar-refractivity contribution is -0.137. The Morgan fingerprint density at radius 3 is 2.37 bits per heavy atom. The Hall–Kier alpha value is -2.44. The summed E-state index contributed by atoms with van der Waals surface area (Å²) in [5, 5.41) is 0. The zero-order valence-corrected chi connectivity index (χ0v) is 16.2.